The molecule has 0 bridgehead atoms. The Morgan fingerprint density at radius 3 is 2.94 bits per heavy atom. The van der Waals surface area contributed by atoms with Crippen LogP contribution in [-0.2, 0) is 4.74 Å². The Morgan fingerprint density at radius 2 is 2.31 bits per heavy atom. The second kappa shape index (κ2) is 4.17. The highest BCUT2D eigenvalue weighted by molar-refractivity contribution is 7.80. The number of hydrogen-bond acceptors (Lipinski definition) is 4. The van der Waals surface area contributed by atoms with Crippen LogP contribution in [0, 0.1) is 6.92 Å². The van der Waals surface area contributed by atoms with Crippen molar-refractivity contribution in [3.05, 3.63) is 29.6 Å². The molecular weight excluding hydrogens is 224 g/mol. The zero-order chi connectivity index (χ0) is 11.7. The van der Waals surface area contributed by atoms with E-state index in [1.807, 2.05) is 29.5 Å². The van der Waals surface area contributed by atoms with Crippen LogP contribution in [0.1, 0.15) is 23.1 Å². The van der Waals surface area contributed by atoms with Gasteiger partial charge < -0.3 is 4.74 Å². The lowest BCUT2D eigenvalue weighted by Gasteiger charge is -2.01. The van der Waals surface area contributed by atoms with Gasteiger partial charge in [-0.05, 0) is 26.0 Å². The fourth-order valence-electron chi connectivity index (χ4n) is 1.57. The zero-order valence-corrected chi connectivity index (χ0v) is 9.99. The van der Waals surface area contributed by atoms with Gasteiger partial charge >= 0.3 is 5.97 Å². The van der Waals surface area contributed by atoms with Crippen LogP contribution in [0.4, 0.5) is 0 Å². The normalized spacial score (nSPS) is 10.7. The number of rotatable bonds is 2. The van der Waals surface area contributed by atoms with Gasteiger partial charge in [0.2, 0.25) is 0 Å². The maximum absolute atomic E-state index is 11.6. The van der Waals surface area contributed by atoms with E-state index in [4.69, 9.17) is 4.74 Å². The van der Waals surface area contributed by atoms with Gasteiger partial charge in [-0.25, -0.2) is 9.78 Å². The lowest BCUT2D eigenvalue weighted by atomic mass is 10.4. The SMILES string of the molecule is CCOC(=O)c1nc2cccc(C)n2c1S. The molecule has 0 N–H and O–H groups in total. The Bertz CT molecular complexity index is 548. The van der Waals surface area contributed by atoms with Crippen molar-refractivity contribution in [3.63, 3.8) is 0 Å². The number of hydrogen-bond donors (Lipinski definition) is 1. The van der Waals surface area contributed by atoms with E-state index in [1.54, 1.807) is 6.92 Å². The van der Waals surface area contributed by atoms with Gasteiger partial charge in [0.25, 0.3) is 0 Å². The number of aromatic nitrogens is 2. The van der Waals surface area contributed by atoms with E-state index in [2.05, 4.69) is 17.6 Å². The van der Waals surface area contributed by atoms with Gasteiger partial charge in [0.15, 0.2) is 5.69 Å². The molecule has 0 aliphatic carbocycles. The zero-order valence-electron chi connectivity index (χ0n) is 9.10. The Hall–Kier alpha value is -1.49. The molecule has 0 unspecified atom stereocenters. The number of carbonyl (C=O) groups is 1. The molecule has 0 aliphatic rings. The molecule has 4 nitrogen and oxygen atoms in total. The van der Waals surface area contributed by atoms with Crippen LogP contribution < -0.4 is 0 Å². The van der Waals surface area contributed by atoms with E-state index in [0.717, 1.165) is 5.69 Å². The van der Waals surface area contributed by atoms with E-state index in [-0.39, 0.29) is 5.69 Å². The summed E-state index contributed by atoms with van der Waals surface area (Å²) in [6.07, 6.45) is 0. The quantitative estimate of drug-likeness (QED) is 0.641. The van der Waals surface area contributed by atoms with Crippen LogP contribution in [0.25, 0.3) is 5.65 Å². The predicted octanol–water partition coefficient (Wildman–Crippen LogP) is 2.11. The van der Waals surface area contributed by atoms with Crippen LogP contribution in [0.15, 0.2) is 23.2 Å². The number of thiol groups is 1. The van der Waals surface area contributed by atoms with Gasteiger partial charge in [-0.2, -0.15) is 0 Å². The summed E-state index contributed by atoms with van der Waals surface area (Å²) in [5.41, 5.74) is 1.94. The Labute approximate surface area is 98.7 Å². The third-order valence-corrected chi connectivity index (χ3v) is 2.70. The van der Waals surface area contributed by atoms with Gasteiger partial charge in [-0.1, -0.05) is 6.07 Å². The van der Waals surface area contributed by atoms with Gasteiger partial charge in [-0.3, -0.25) is 4.40 Å². The predicted molar refractivity (Wildman–Crippen MR) is 63.1 cm³/mol. The van der Waals surface area contributed by atoms with E-state index < -0.39 is 5.97 Å². The maximum atomic E-state index is 11.6. The van der Waals surface area contributed by atoms with E-state index in [9.17, 15) is 4.79 Å². The number of carbonyl (C=O) groups excluding carboxylic acids is 1. The first kappa shape index (κ1) is 11.0. The minimum absolute atomic E-state index is 0.263. The second-order valence-electron chi connectivity index (χ2n) is 3.37. The molecule has 0 atom stereocenters. The number of fused-ring (bicyclic) bond motifs is 1. The van der Waals surface area contributed by atoms with Crippen LogP contribution >= 0.6 is 12.6 Å². The average molecular weight is 236 g/mol. The topological polar surface area (TPSA) is 43.6 Å². The molecule has 0 radical (unpaired) electrons. The van der Waals surface area contributed by atoms with E-state index in [1.165, 1.54) is 0 Å². The maximum Gasteiger partial charge on any atom is 0.359 e. The van der Waals surface area contributed by atoms with E-state index in [0.29, 0.717) is 17.3 Å². The molecule has 0 aromatic carbocycles. The van der Waals surface area contributed by atoms with Crippen LogP contribution in [0.2, 0.25) is 0 Å². The molecule has 5 heteroatoms. The minimum atomic E-state index is -0.435. The number of pyridine rings is 1. The summed E-state index contributed by atoms with van der Waals surface area (Å²) in [4.78, 5) is 15.8. The van der Waals surface area contributed by atoms with Gasteiger partial charge in [0.05, 0.1) is 6.61 Å². The van der Waals surface area contributed by atoms with Crippen molar-refractivity contribution < 1.29 is 9.53 Å². The molecule has 0 saturated heterocycles. The lowest BCUT2D eigenvalue weighted by molar-refractivity contribution is 0.0516. The van der Waals surface area contributed by atoms with Crippen molar-refractivity contribution in [2.45, 2.75) is 18.9 Å². The van der Waals surface area contributed by atoms with Crippen LogP contribution in [0.5, 0.6) is 0 Å². The van der Waals surface area contributed by atoms with Crippen molar-refractivity contribution in [2.24, 2.45) is 0 Å². The number of aryl methyl sites for hydroxylation is 1. The average Bonchev–Trinajstić information content (AvgIpc) is 2.58. The molecule has 2 aromatic rings. The molecule has 0 saturated carbocycles. The first-order chi connectivity index (χ1) is 7.65. The van der Waals surface area contributed by atoms with Gasteiger partial charge in [-0.15, -0.1) is 12.6 Å². The van der Waals surface area contributed by atoms with Crippen molar-refractivity contribution >= 4 is 24.2 Å². The molecule has 0 amide bonds. The highest BCUT2D eigenvalue weighted by Crippen LogP contribution is 2.19. The number of imidazole rings is 1. The standard InChI is InChI=1S/C11H12N2O2S/c1-3-15-11(14)9-10(16)13-7(2)5-4-6-8(13)12-9/h4-6,16H,3H2,1-2H3. The third kappa shape index (κ3) is 1.67. The summed E-state index contributed by atoms with van der Waals surface area (Å²) in [7, 11) is 0. The number of nitrogens with zero attached hydrogens (tertiary/aromatic N) is 2. The molecule has 84 valence electrons. The summed E-state index contributed by atoms with van der Waals surface area (Å²) >= 11 is 4.32. The van der Waals surface area contributed by atoms with Crippen molar-refractivity contribution in [3.8, 4) is 0 Å². The monoisotopic (exact) mass is 236 g/mol. The summed E-state index contributed by atoms with van der Waals surface area (Å²) < 4.78 is 6.73. The number of esters is 1. The summed E-state index contributed by atoms with van der Waals surface area (Å²) in [5, 5.41) is 0.520. The van der Waals surface area contributed by atoms with Crippen molar-refractivity contribution in [1.29, 1.82) is 0 Å². The second-order valence-corrected chi connectivity index (χ2v) is 3.79. The molecule has 0 aliphatic heterocycles. The Morgan fingerprint density at radius 1 is 1.56 bits per heavy atom. The molecule has 0 spiro atoms. The van der Waals surface area contributed by atoms with E-state index >= 15 is 0 Å². The largest absolute Gasteiger partial charge is 0.461 e. The molecule has 16 heavy (non-hydrogen) atoms. The third-order valence-electron chi connectivity index (χ3n) is 2.28. The molecule has 2 heterocycles. The van der Waals surface area contributed by atoms with Crippen LogP contribution in [-0.4, -0.2) is 22.0 Å². The Balaban J connectivity index is 2.61. The summed E-state index contributed by atoms with van der Waals surface area (Å²) in [6, 6.07) is 5.65. The molecule has 2 aromatic heterocycles. The van der Waals surface area contributed by atoms with Crippen molar-refractivity contribution in [1.82, 2.24) is 9.38 Å². The summed E-state index contributed by atoms with van der Waals surface area (Å²) in [6.45, 7) is 4.03. The first-order valence-corrected chi connectivity index (χ1v) is 5.44. The number of ether oxygens (including phenoxy) is 1. The highest BCUT2D eigenvalue weighted by atomic mass is 32.1. The van der Waals surface area contributed by atoms with Crippen LogP contribution in [0.3, 0.4) is 0 Å². The highest BCUT2D eigenvalue weighted by Gasteiger charge is 2.18. The molecule has 2 rings (SSSR count). The van der Waals surface area contributed by atoms with Gasteiger partial charge in [0.1, 0.15) is 10.7 Å². The van der Waals surface area contributed by atoms with Gasteiger partial charge in [0, 0.05) is 5.69 Å². The van der Waals surface area contributed by atoms with Crippen molar-refractivity contribution in [2.75, 3.05) is 6.61 Å². The fourth-order valence-corrected chi connectivity index (χ4v) is 1.97. The smallest absolute Gasteiger partial charge is 0.359 e. The molecule has 0 fully saturated rings. The lowest BCUT2D eigenvalue weighted by Crippen LogP contribution is -2.06. The molecular formula is C11H12N2O2S. The minimum Gasteiger partial charge on any atom is -0.461 e. The first-order valence-electron chi connectivity index (χ1n) is 4.99. The Kier molecular flexibility index (Phi) is 2.87. The fraction of sp³-hybridized carbons (Fsp3) is 0.273. The summed E-state index contributed by atoms with van der Waals surface area (Å²) in [5.74, 6) is -0.435.